The maximum Gasteiger partial charge on any atom is 0.248 e. The predicted molar refractivity (Wildman–Crippen MR) is 149 cm³/mol. The van der Waals surface area contributed by atoms with Crippen LogP contribution in [0.1, 0.15) is 62.7 Å². The van der Waals surface area contributed by atoms with Gasteiger partial charge in [-0.3, -0.25) is 15.0 Å². The van der Waals surface area contributed by atoms with E-state index < -0.39 is 21.3 Å². The van der Waals surface area contributed by atoms with Gasteiger partial charge in [-0.2, -0.15) is 5.11 Å². The third-order valence-electron chi connectivity index (χ3n) is 8.36. The summed E-state index contributed by atoms with van der Waals surface area (Å²) in [6.07, 6.45) is 6.20. The number of aromatic nitrogens is 3. The first-order valence-electron chi connectivity index (χ1n) is 13.4. The smallest absolute Gasteiger partial charge is 0.248 e. The van der Waals surface area contributed by atoms with Crippen LogP contribution in [0.5, 0.6) is 0 Å². The van der Waals surface area contributed by atoms with E-state index in [0.717, 1.165) is 16.6 Å². The van der Waals surface area contributed by atoms with Crippen molar-refractivity contribution in [2.24, 2.45) is 16.3 Å². The van der Waals surface area contributed by atoms with Gasteiger partial charge >= 0.3 is 0 Å². The first-order chi connectivity index (χ1) is 18.9. The summed E-state index contributed by atoms with van der Waals surface area (Å²) in [5, 5.41) is 11.1. The molecule has 1 aromatic carbocycles. The van der Waals surface area contributed by atoms with Crippen molar-refractivity contribution in [2.75, 3.05) is 13.3 Å². The summed E-state index contributed by atoms with van der Waals surface area (Å²) in [6, 6.07) is 11.2. The summed E-state index contributed by atoms with van der Waals surface area (Å²) >= 11 is 0. The average Bonchev–Trinajstić information content (AvgIpc) is 3.37. The van der Waals surface area contributed by atoms with Crippen molar-refractivity contribution in [1.82, 2.24) is 19.5 Å². The SMILES string of the molecule is CN1N=NC(C)(C)C1c1cnc2c3cncc(S(C)(=O)=O)c3n(C(c3ccccc3)C3CCC(F)(F)CC3)c2c1. The third-order valence-corrected chi connectivity index (χ3v) is 9.46. The Hall–Kier alpha value is -3.47. The quantitative estimate of drug-likeness (QED) is 0.274. The van der Waals surface area contributed by atoms with Crippen molar-refractivity contribution in [3.63, 3.8) is 0 Å². The van der Waals surface area contributed by atoms with Crippen LogP contribution in [-0.2, 0) is 9.84 Å². The van der Waals surface area contributed by atoms with Gasteiger partial charge in [0.05, 0.1) is 22.6 Å². The minimum atomic E-state index is -3.69. The molecular weight excluding hydrogens is 534 g/mol. The maximum absolute atomic E-state index is 14.3. The molecule has 0 bridgehead atoms. The molecular formula is C29H32F2N6O2S. The van der Waals surface area contributed by atoms with Crippen LogP contribution < -0.4 is 0 Å². The minimum absolute atomic E-state index is 0.0925. The Morgan fingerprint density at radius 2 is 1.75 bits per heavy atom. The summed E-state index contributed by atoms with van der Waals surface area (Å²) < 4.78 is 56.9. The van der Waals surface area contributed by atoms with Crippen molar-refractivity contribution >= 4 is 31.8 Å². The molecule has 0 spiro atoms. The van der Waals surface area contributed by atoms with Crippen LogP contribution >= 0.6 is 0 Å². The highest BCUT2D eigenvalue weighted by molar-refractivity contribution is 7.91. The topological polar surface area (TPSA) is 92.8 Å². The van der Waals surface area contributed by atoms with Crippen LogP contribution in [0.15, 0.2) is 70.2 Å². The first kappa shape index (κ1) is 26.7. The van der Waals surface area contributed by atoms with E-state index in [1.54, 1.807) is 17.4 Å². The molecule has 1 aliphatic heterocycles. The number of sulfone groups is 1. The number of benzene rings is 1. The first-order valence-corrected chi connectivity index (χ1v) is 15.3. The van der Waals surface area contributed by atoms with E-state index in [-0.39, 0.29) is 35.7 Å². The third kappa shape index (κ3) is 4.44. The number of fused-ring (bicyclic) bond motifs is 3. The van der Waals surface area contributed by atoms with Gasteiger partial charge in [-0.05, 0) is 49.8 Å². The van der Waals surface area contributed by atoms with Crippen LogP contribution in [0.2, 0.25) is 0 Å². The van der Waals surface area contributed by atoms with E-state index in [2.05, 4.69) is 15.3 Å². The van der Waals surface area contributed by atoms with Gasteiger partial charge in [-0.15, -0.1) is 0 Å². The second-order valence-corrected chi connectivity index (χ2v) is 13.7. The molecule has 0 N–H and O–H groups in total. The Bertz CT molecular complexity index is 1730. The molecule has 6 rings (SSSR count). The molecule has 11 heteroatoms. The Morgan fingerprint density at radius 3 is 2.38 bits per heavy atom. The van der Waals surface area contributed by atoms with Gasteiger partial charge in [0.25, 0.3) is 0 Å². The van der Waals surface area contributed by atoms with Crippen molar-refractivity contribution in [3.8, 4) is 0 Å². The lowest BCUT2D eigenvalue weighted by atomic mass is 9.79. The number of rotatable bonds is 5. The highest BCUT2D eigenvalue weighted by Gasteiger charge is 2.42. The monoisotopic (exact) mass is 566 g/mol. The molecule has 0 radical (unpaired) electrons. The molecule has 2 unspecified atom stereocenters. The molecule has 2 atom stereocenters. The molecule has 210 valence electrons. The van der Waals surface area contributed by atoms with Gasteiger partial charge in [-0.25, -0.2) is 17.2 Å². The molecule has 0 amide bonds. The fourth-order valence-corrected chi connectivity index (χ4v) is 7.39. The minimum Gasteiger partial charge on any atom is -0.330 e. The second kappa shape index (κ2) is 9.29. The van der Waals surface area contributed by atoms with E-state index in [1.807, 2.05) is 61.9 Å². The van der Waals surface area contributed by atoms with Crippen molar-refractivity contribution in [3.05, 3.63) is 66.1 Å². The van der Waals surface area contributed by atoms with Gasteiger partial charge in [0.1, 0.15) is 16.5 Å². The maximum atomic E-state index is 14.3. The number of hydrogen-bond donors (Lipinski definition) is 0. The highest BCUT2D eigenvalue weighted by atomic mass is 32.2. The van der Waals surface area contributed by atoms with Crippen molar-refractivity contribution in [2.45, 2.75) is 68.0 Å². The van der Waals surface area contributed by atoms with Gasteiger partial charge in [0.2, 0.25) is 5.92 Å². The zero-order chi connectivity index (χ0) is 28.4. The van der Waals surface area contributed by atoms with Gasteiger partial charge in [-0.1, -0.05) is 35.6 Å². The van der Waals surface area contributed by atoms with E-state index in [1.165, 1.54) is 12.5 Å². The molecule has 4 heterocycles. The Balaban J connectivity index is 1.68. The normalized spacial score (nSPS) is 21.9. The molecule has 2 aliphatic rings. The lowest BCUT2D eigenvalue weighted by molar-refractivity contribution is -0.0493. The van der Waals surface area contributed by atoms with E-state index in [9.17, 15) is 17.2 Å². The van der Waals surface area contributed by atoms with Crippen LogP contribution in [0.4, 0.5) is 8.78 Å². The fourth-order valence-electron chi connectivity index (χ4n) is 6.58. The molecule has 1 saturated carbocycles. The Morgan fingerprint density at radius 1 is 1.05 bits per heavy atom. The van der Waals surface area contributed by atoms with Crippen LogP contribution in [-0.4, -0.2) is 52.7 Å². The average molecular weight is 567 g/mol. The fraction of sp³-hybridized carbons (Fsp3) is 0.448. The molecule has 0 saturated heterocycles. The van der Waals surface area contributed by atoms with Crippen LogP contribution in [0.3, 0.4) is 0 Å². The molecule has 1 fully saturated rings. The lowest BCUT2D eigenvalue weighted by Gasteiger charge is -2.36. The second-order valence-electron chi connectivity index (χ2n) is 11.7. The molecule has 4 aromatic rings. The number of pyridine rings is 2. The largest absolute Gasteiger partial charge is 0.330 e. The Kier molecular flexibility index (Phi) is 6.21. The van der Waals surface area contributed by atoms with Gasteiger partial charge < -0.3 is 4.57 Å². The van der Waals surface area contributed by atoms with E-state index in [4.69, 9.17) is 4.98 Å². The number of hydrogen-bond acceptors (Lipinski definition) is 7. The predicted octanol–water partition coefficient (Wildman–Crippen LogP) is 6.54. The summed E-state index contributed by atoms with van der Waals surface area (Å²) in [5.41, 5.74) is 3.15. The standard InChI is InChI=1S/C29H32F2N6O2S/c1-28(2)27(36(3)35-34-28)20-14-22-24(33-15-20)21-16-32-17-23(40(4,38)39)26(21)37(22)25(18-8-6-5-7-9-18)19-10-12-29(30,31)13-11-19/h5-9,14-17,19,25,27H,10-13H2,1-4H3. The zero-order valence-electron chi connectivity index (χ0n) is 22.9. The van der Waals surface area contributed by atoms with E-state index in [0.29, 0.717) is 29.3 Å². The van der Waals surface area contributed by atoms with Crippen LogP contribution in [0, 0.1) is 5.92 Å². The summed E-state index contributed by atoms with van der Waals surface area (Å²) in [6.45, 7) is 4.01. The van der Waals surface area contributed by atoms with Crippen molar-refractivity contribution < 1.29 is 17.2 Å². The zero-order valence-corrected chi connectivity index (χ0v) is 23.7. The number of likely N-dealkylation sites (N-methyl/N-ethyl adjacent to an activating group) is 1. The molecule has 8 nitrogen and oxygen atoms in total. The van der Waals surface area contributed by atoms with E-state index >= 15 is 0 Å². The Labute approximate surface area is 232 Å². The summed E-state index contributed by atoms with van der Waals surface area (Å²) in [4.78, 5) is 9.22. The van der Waals surface area contributed by atoms with Gasteiger partial charge in [0, 0.05) is 50.1 Å². The lowest BCUT2D eigenvalue weighted by Crippen LogP contribution is -2.31. The number of nitrogens with zero attached hydrogens (tertiary/aromatic N) is 6. The summed E-state index contributed by atoms with van der Waals surface area (Å²) in [7, 11) is -1.82. The van der Waals surface area contributed by atoms with Crippen LogP contribution in [0.25, 0.3) is 21.9 Å². The molecule has 3 aromatic heterocycles. The molecule has 40 heavy (non-hydrogen) atoms. The van der Waals surface area contributed by atoms with Gasteiger partial charge in [0.15, 0.2) is 9.84 Å². The number of alkyl halides is 2. The summed E-state index contributed by atoms with van der Waals surface area (Å²) in [5.74, 6) is -2.83. The van der Waals surface area contributed by atoms with Crippen molar-refractivity contribution in [1.29, 1.82) is 0 Å². The highest BCUT2D eigenvalue weighted by Crippen LogP contribution is 2.47. The number of halogens is 2. The molecule has 1 aliphatic carbocycles.